The highest BCUT2D eigenvalue weighted by molar-refractivity contribution is 6.28. The van der Waals surface area contributed by atoms with Gasteiger partial charge in [-0.1, -0.05) is 48.5 Å². The van der Waals surface area contributed by atoms with E-state index in [-0.39, 0.29) is 30.0 Å². The second-order valence-corrected chi connectivity index (χ2v) is 10.5. The Hall–Kier alpha value is -4.71. The number of nitrogens with zero attached hydrogens (tertiary/aromatic N) is 3. The molecule has 218 valence electrons. The van der Waals surface area contributed by atoms with Gasteiger partial charge in [0.1, 0.15) is 18.1 Å². The first-order valence-electron chi connectivity index (χ1n) is 13.8. The van der Waals surface area contributed by atoms with E-state index in [0.717, 1.165) is 22.0 Å². The van der Waals surface area contributed by atoms with E-state index in [1.54, 1.807) is 0 Å². The van der Waals surface area contributed by atoms with Crippen LogP contribution in [0.25, 0.3) is 10.9 Å². The van der Waals surface area contributed by atoms with E-state index in [1.807, 2.05) is 60.8 Å². The Balaban J connectivity index is 1.50. The van der Waals surface area contributed by atoms with Crippen LogP contribution in [-0.4, -0.2) is 62.3 Å². The largest absolute Gasteiger partial charge is 0.368 e. The number of rotatable bonds is 5. The summed E-state index contributed by atoms with van der Waals surface area (Å²) in [6.45, 7) is 0.481. The number of fused-ring (bicyclic) bond motifs is 3. The van der Waals surface area contributed by atoms with E-state index < -0.39 is 35.8 Å². The summed E-state index contributed by atoms with van der Waals surface area (Å²) in [4.78, 5) is 55.6. The van der Waals surface area contributed by atoms with Gasteiger partial charge >= 0.3 is 0 Å². The lowest BCUT2D eigenvalue weighted by molar-refractivity contribution is -0.131. The Morgan fingerprint density at radius 1 is 0.857 bits per heavy atom. The number of nitrogens with two attached hydrogens (primary N) is 1. The minimum Gasteiger partial charge on any atom is -0.368 e. The summed E-state index contributed by atoms with van der Waals surface area (Å²) in [5.74, 6) is -1.25. The molecule has 42 heavy (non-hydrogen) atoms. The number of H-pyrrole nitrogens is 1. The predicted molar refractivity (Wildman–Crippen MR) is 160 cm³/mol. The fraction of sp³-hybridized carbons (Fsp3) is 0.310. The lowest BCUT2D eigenvalue weighted by Gasteiger charge is -2.25. The first-order chi connectivity index (χ1) is 20.4. The number of carbonyl (C=O) groups excluding carboxylic acids is 3. The van der Waals surface area contributed by atoms with Crippen molar-refractivity contribution in [3.8, 4) is 0 Å². The van der Waals surface area contributed by atoms with Crippen LogP contribution in [0, 0.1) is 0 Å². The van der Waals surface area contributed by atoms with Gasteiger partial charge in [-0.3, -0.25) is 14.4 Å². The van der Waals surface area contributed by atoms with Crippen LogP contribution in [0.15, 0.2) is 60.8 Å². The number of para-hydroxylation sites is 1. The van der Waals surface area contributed by atoms with Crippen LogP contribution < -0.4 is 27.0 Å². The average Bonchev–Trinajstić information content (AvgIpc) is 3.38. The summed E-state index contributed by atoms with van der Waals surface area (Å²) < 4.78 is 0. The summed E-state index contributed by atoms with van der Waals surface area (Å²) in [7, 11) is 0. The van der Waals surface area contributed by atoms with Crippen LogP contribution in [0.5, 0.6) is 0 Å². The Kier molecular flexibility index (Phi) is 9.12. The summed E-state index contributed by atoms with van der Waals surface area (Å²) in [6.07, 6.45) is 3.87. The zero-order chi connectivity index (χ0) is 29.5. The van der Waals surface area contributed by atoms with E-state index >= 15 is 0 Å². The van der Waals surface area contributed by atoms with Crippen LogP contribution in [0.4, 0.5) is 11.9 Å². The fourth-order valence-electron chi connectivity index (χ4n) is 4.94. The maximum atomic E-state index is 13.9. The van der Waals surface area contributed by atoms with Gasteiger partial charge in [0.05, 0.1) is 0 Å². The molecule has 2 bridgehead atoms. The molecular formula is C29H32ClN9O3. The van der Waals surface area contributed by atoms with Crippen LogP contribution in [0.2, 0.25) is 5.28 Å². The molecule has 5 rings (SSSR count). The Morgan fingerprint density at radius 2 is 1.57 bits per heavy atom. The first-order valence-corrected chi connectivity index (χ1v) is 14.1. The normalized spacial score (nSPS) is 20.2. The molecule has 0 radical (unpaired) electrons. The molecule has 2 aromatic heterocycles. The number of anilines is 2. The molecule has 0 aliphatic carbocycles. The number of hydrogen-bond donors (Lipinski definition) is 6. The molecule has 7 N–H and O–H groups in total. The molecule has 0 saturated carbocycles. The van der Waals surface area contributed by atoms with Crippen LogP contribution >= 0.6 is 11.6 Å². The van der Waals surface area contributed by atoms with Crippen molar-refractivity contribution in [2.75, 3.05) is 17.2 Å². The maximum Gasteiger partial charge on any atom is 0.243 e. The molecule has 1 aliphatic rings. The van der Waals surface area contributed by atoms with Crippen molar-refractivity contribution >= 4 is 52.1 Å². The van der Waals surface area contributed by atoms with Gasteiger partial charge in [-0.05, 0) is 48.1 Å². The highest BCUT2D eigenvalue weighted by Gasteiger charge is 2.30. The third-order valence-electron chi connectivity index (χ3n) is 7.11. The van der Waals surface area contributed by atoms with Crippen LogP contribution in [0.1, 0.15) is 30.4 Å². The minimum atomic E-state index is -0.985. The van der Waals surface area contributed by atoms with E-state index in [0.29, 0.717) is 25.8 Å². The smallest absolute Gasteiger partial charge is 0.243 e. The summed E-state index contributed by atoms with van der Waals surface area (Å²) in [5.41, 5.74) is 8.27. The van der Waals surface area contributed by atoms with Gasteiger partial charge in [0.2, 0.25) is 34.9 Å². The molecule has 1 aliphatic heterocycles. The van der Waals surface area contributed by atoms with Crippen molar-refractivity contribution in [1.29, 1.82) is 0 Å². The van der Waals surface area contributed by atoms with Crippen molar-refractivity contribution in [3.05, 3.63) is 77.2 Å². The first kappa shape index (κ1) is 28.8. The molecule has 3 atom stereocenters. The molecular weight excluding hydrogens is 558 g/mol. The number of aromatic amines is 1. The third-order valence-corrected chi connectivity index (χ3v) is 7.27. The van der Waals surface area contributed by atoms with Gasteiger partial charge in [0.25, 0.3) is 0 Å². The molecule has 0 fully saturated rings. The zero-order valence-electron chi connectivity index (χ0n) is 22.8. The fourth-order valence-corrected chi connectivity index (χ4v) is 5.10. The second-order valence-electron chi connectivity index (χ2n) is 10.1. The number of nitrogens with one attached hydrogen (secondary N) is 5. The number of amides is 3. The lowest BCUT2D eigenvalue weighted by Crippen LogP contribution is -2.56. The van der Waals surface area contributed by atoms with Crippen molar-refractivity contribution in [3.63, 3.8) is 0 Å². The van der Waals surface area contributed by atoms with Gasteiger partial charge in [0.15, 0.2) is 0 Å². The number of hydrogen-bond acceptors (Lipinski definition) is 8. The zero-order valence-corrected chi connectivity index (χ0v) is 23.5. The molecule has 0 saturated heterocycles. The number of benzene rings is 2. The molecule has 0 spiro atoms. The Labute approximate surface area is 247 Å². The van der Waals surface area contributed by atoms with Crippen LogP contribution in [0.3, 0.4) is 0 Å². The Bertz CT molecular complexity index is 1560. The highest BCUT2D eigenvalue weighted by Crippen LogP contribution is 2.21. The standard InChI is InChI=1S/C29H32ClN9O3/c30-27-37-28-32-13-7-6-12-21(24(31)40)34-25(41)22(14-17-8-2-1-3-9-17)35-26(42)23(36-29(38-27)39-28)15-18-16-33-20-11-5-4-10-19(18)20/h1-5,8-11,16,21-23,33H,6-7,12-15H2,(H2,31,40)(H,34,41)(H,35,42)(H2,32,36,37,38,39)/t21-,22+,23+/m1/s1. The lowest BCUT2D eigenvalue weighted by atomic mass is 10.0. The van der Waals surface area contributed by atoms with Gasteiger partial charge in [-0.2, -0.15) is 15.0 Å². The number of aromatic nitrogens is 4. The predicted octanol–water partition coefficient (Wildman–Crippen LogP) is 2.32. The average molecular weight is 590 g/mol. The van der Waals surface area contributed by atoms with Crippen molar-refractivity contribution in [2.45, 2.75) is 50.2 Å². The molecule has 3 amide bonds. The van der Waals surface area contributed by atoms with Gasteiger partial charge in [0, 0.05) is 36.5 Å². The van der Waals surface area contributed by atoms with Crippen molar-refractivity contribution < 1.29 is 14.4 Å². The second kappa shape index (κ2) is 13.3. The Morgan fingerprint density at radius 3 is 2.38 bits per heavy atom. The van der Waals surface area contributed by atoms with E-state index in [2.05, 4.69) is 41.2 Å². The third kappa shape index (κ3) is 7.32. The summed E-state index contributed by atoms with van der Waals surface area (Å²) >= 11 is 6.20. The maximum absolute atomic E-state index is 13.9. The molecule has 2 aromatic carbocycles. The van der Waals surface area contributed by atoms with E-state index in [1.165, 1.54) is 0 Å². The molecule has 4 aromatic rings. The van der Waals surface area contributed by atoms with Gasteiger partial charge in [-0.15, -0.1) is 0 Å². The summed E-state index contributed by atoms with van der Waals surface area (Å²) in [5, 5.41) is 12.8. The highest BCUT2D eigenvalue weighted by atomic mass is 35.5. The molecule has 13 heteroatoms. The molecule has 0 unspecified atom stereocenters. The topological polar surface area (TPSA) is 180 Å². The van der Waals surface area contributed by atoms with Gasteiger partial charge in [-0.25, -0.2) is 0 Å². The van der Waals surface area contributed by atoms with Gasteiger partial charge < -0.3 is 32.0 Å². The molecule has 3 heterocycles. The SMILES string of the molecule is NC(=O)[C@H]1CCCCNc2nc(Cl)nc(n2)N[C@@H](Cc2c[nH]c3ccccc23)C(=O)N[C@@H](Cc2ccccc2)C(=O)N1. The number of halogens is 1. The monoisotopic (exact) mass is 589 g/mol. The van der Waals surface area contributed by atoms with Crippen molar-refractivity contribution in [1.82, 2.24) is 30.6 Å². The van der Waals surface area contributed by atoms with Crippen molar-refractivity contribution in [2.24, 2.45) is 5.73 Å². The van der Waals surface area contributed by atoms with E-state index in [4.69, 9.17) is 17.3 Å². The number of primary amides is 1. The van der Waals surface area contributed by atoms with Crippen LogP contribution in [-0.2, 0) is 27.2 Å². The molecule has 12 nitrogen and oxygen atoms in total. The quantitative estimate of drug-likeness (QED) is 0.205. The van der Waals surface area contributed by atoms with E-state index in [9.17, 15) is 14.4 Å². The number of carbonyl (C=O) groups is 3. The minimum absolute atomic E-state index is 0.0440. The summed E-state index contributed by atoms with van der Waals surface area (Å²) in [6, 6.07) is 14.3.